The molecule has 0 aliphatic rings. The first-order valence-corrected chi connectivity index (χ1v) is 6.55. The lowest BCUT2D eigenvalue weighted by Gasteiger charge is -2.26. The van der Waals surface area contributed by atoms with Gasteiger partial charge in [0.05, 0.1) is 11.7 Å². The van der Waals surface area contributed by atoms with Gasteiger partial charge in [0.15, 0.2) is 0 Å². The fraction of sp³-hybridized carbons (Fsp3) is 0.600. The first-order chi connectivity index (χ1) is 8.41. The van der Waals surface area contributed by atoms with Crippen molar-refractivity contribution in [3.05, 3.63) is 29.3 Å². The summed E-state index contributed by atoms with van der Waals surface area (Å²) < 4.78 is 5.72. The van der Waals surface area contributed by atoms with Gasteiger partial charge in [0.1, 0.15) is 12.4 Å². The smallest absolute Gasteiger partial charge is 0.125 e. The van der Waals surface area contributed by atoms with Crippen LogP contribution < -0.4 is 4.74 Å². The van der Waals surface area contributed by atoms with Crippen molar-refractivity contribution < 1.29 is 14.9 Å². The molecule has 0 aliphatic heterocycles. The van der Waals surface area contributed by atoms with Gasteiger partial charge in [0.25, 0.3) is 0 Å². The molecule has 0 fully saturated rings. The van der Waals surface area contributed by atoms with E-state index in [1.807, 2.05) is 39.0 Å². The Morgan fingerprint density at radius 3 is 2.39 bits per heavy atom. The van der Waals surface area contributed by atoms with Crippen LogP contribution in [-0.4, -0.2) is 22.4 Å². The lowest BCUT2D eigenvalue weighted by atomic mass is 9.99. The summed E-state index contributed by atoms with van der Waals surface area (Å²) >= 11 is 0. The van der Waals surface area contributed by atoms with Crippen molar-refractivity contribution in [1.29, 1.82) is 0 Å². The summed E-state index contributed by atoms with van der Waals surface area (Å²) in [5.41, 5.74) is 1.04. The number of ether oxygens (including phenoxy) is 1. The molecule has 0 saturated carbocycles. The van der Waals surface area contributed by atoms with Crippen LogP contribution in [0.5, 0.6) is 5.75 Å². The second-order valence-electron chi connectivity index (χ2n) is 4.94. The lowest BCUT2D eigenvalue weighted by Crippen LogP contribution is -2.34. The first-order valence-electron chi connectivity index (χ1n) is 6.55. The number of aliphatic hydroxyl groups is 2. The Morgan fingerprint density at radius 1 is 1.28 bits per heavy atom. The molecule has 2 N–H and O–H groups in total. The molecule has 0 spiro atoms. The van der Waals surface area contributed by atoms with Crippen LogP contribution >= 0.6 is 0 Å². The molecule has 0 heterocycles. The summed E-state index contributed by atoms with van der Waals surface area (Å²) in [6.45, 7) is 7.83. The van der Waals surface area contributed by atoms with Crippen LogP contribution in [0.4, 0.5) is 0 Å². The van der Waals surface area contributed by atoms with Gasteiger partial charge in [-0.05, 0) is 38.3 Å². The van der Waals surface area contributed by atoms with Crippen LogP contribution in [0, 0.1) is 6.92 Å². The zero-order valence-corrected chi connectivity index (χ0v) is 11.7. The van der Waals surface area contributed by atoms with E-state index in [9.17, 15) is 10.2 Å². The van der Waals surface area contributed by atoms with E-state index in [0.29, 0.717) is 18.6 Å². The average Bonchev–Trinajstić information content (AvgIpc) is 2.35. The fourth-order valence-electron chi connectivity index (χ4n) is 1.78. The van der Waals surface area contributed by atoms with Gasteiger partial charge < -0.3 is 14.9 Å². The Labute approximate surface area is 109 Å². The van der Waals surface area contributed by atoms with Gasteiger partial charge in [-0.15, -0.1) is 0 Å². The van der Waals surface area contributed by atoms with Crippen LogP contribution in [-0.2, 0) is 0 Å². The maximum atomic E-state index is 10.2. The Kier molecular flexibility index (Phi) is 5.17. The number of aliphatic hydroxyl groups excluding tert-OH is 1. The summed E-state index contributed by atoms with van der Waals surface area (Å²) in [5, 5.41) is 19.9. The molecule has 3 nitrogen and oxygen atoms in total. The SMILES string of the molecule is CCC(O)(CC)COc1cc(C)ccc1[C@@H](C)O. The second-order valence-corrected chi connectivity index (χ2v) is 4.94. The highest BCUT2D eigenvalue weighted by Crippen LogP contribution is 2.27. The third-order valence-electron chi connectivity index (χ3n) is 3.43. The van der Waals surface area contributed by atoms with Crippen molar-refractivity contribution in [3.63, 3.8) is 0 Å². The Hall–Kier alpha value is -1.06. The molecule has 1 rings (SSSR count). The number of benzene rings is 1. The van der Waals surface area contributed by atoms with Gasteiger partial charge in [-0.3, -0.25) is 0 Å². The molecule has 3 heteroatoms. The van der Waals surface area contributed by atoms with Crippen LogP contribution in [0.1, 0.15) is 50.8 Å². The highest BCUT2D eigenvalue weighted by molar-refractivity contribution is 5.38. The fourth-order valence-corrected chi connectivity index (χ4v) is 1.78. The zero-order chi connectivity index (χ0) is 13.8. The van der Waals surface area contributed by atoms with Crippen molar-refractivity contribution in [2.75, 3.05) is 6.61 Å². The zero-order valence-electron chi connectivity index (χ0n) is 11.7. The summed E-state index contributed by atoms with van der Waals surface area (Å²) in [6.07, 6.45) is 0.732. The van der Waals surface area contributed by atoms with E-state index in [1.54, 1.807) is 6.92 Å². The molecule has 0 amide bonds. The van der Waals surface area contributed by atoms with E-state index in [4.69, 9.17) is 4.74 Å². The summed E-state index contributed by atoms with van der Waals surface area (Å²) in [4.78, 5) is 0. The van der Waals surface area contributed by atoms with E-state index in [-0.39, 0.29) is 6.61 Å². The molecule has 1 atom stereocenters. The maximum Gasteiger partial charge on any atom is 0.125 e. The summed E-state index contributed by atoms with van der Waals surface area (Å²) in [5.74, 6) is 0.658. The Morgan fingerprint density at radius 2 is 1.89 bits per heavy atom. The predicted molar refractivity (Wildman–Crippen MR) is 72.8 cm³/mol. The Balaban J connectivity index is 2.86. The van der Waals surface area contributed by atoms with Gasteiger partial charge >= 0.3 is 0 Å². The standard InChI is InChI=1S/C15H24O3/c1-5-15(17,6-2)10-18-14-9-11(3)7-8-13(14)12(4)16/h7-9,12,16-17H,5-6,10H2,1-4H3/t12-/m1/s1. The molecule has 102 valence electrons. The molecule has 18 heavy (non-hydrogen) atoms. The van der Waals surface area contributed by atoms with E-state index >= 15 is 0 Å². The predicted octanol–water partition coefficient (Wildman–Crippen LogP) is 2.98. The number of hydrogen-bond donors (Lipinski definition) is 2. The molecule has 1 aromatic rings. The summed E-state index contributed by atoms with van der Waals surface area (Å²) in [6, 6.07) is 5.71. The number of aryl methyl sites for hydroxylation is 1. The summed E-state index contributed by atoms with van der Waals surface area (Å²) in [7, 11) is 0. The minimum Gasteiger partial charge on any atom is -0.490 e. The van der Waals surface area contributed by atoms with E-state index in [2.05, 4.69) is 0 Å². The largest absolute Gasteiger partial charge is 0.490 e. The lowest BCUT2D eigenvalue weighted by molar-refractivity contribution is -0.0121. The molecule has 0 saturated heterocycles. The van der Waals surface area contributed by atoms with Crippen molar-refractivity contribution in [2.45, 2.75) is 52.2 Å². The molecule has 0 aliphatic carbocycles. The highest BCUT2D eigenvalue weighted by atomic mass is 16.5. The second kappa shape index (κ2) is 6.21. The average molecular weight is 252 g/mol. The highest BCUT2D eigenvalue weighted by Gasteiger charge is 2.24. The number of rotatable bonds is 6. The van der Waals surface area contributed by atoms with Gasteiger partial charge in [-0.2, -0.15) is 0 Å². The molecule has 0 aromatic heterocycles. The molecular formula is C15H24O3. The third-order valence-corrected chi connectivity index (χ3v) is 3.43. The van der Waals surface area contributed by atoms with Crippen LogP contribution in [0.25, 0.3) is 0 Å². The van der Waals surface area contributed by atoms with Crippen molar-refractivity contribution >= 4 is 0 Å². The van der Waals surface area contributed by atoms with Crippen molar-refractivity contribution in [3.8, 4) is 5.75 Å². The molecule has 0 unspecified atom stereocenters. The minimum absolute atomic E-state index is 0.253. The van der Waals surface area contributed by atoms with Gasteiger partial charge in [-0.25, -0.2) is 0 Å². The van der Waals surface area contributed by atoms with Crippen LogP contribution in [0.3, 0.4) is 0 Å². The van der Waals surface area contributed by atoms with Crippen LogP contribution in [0.2, 0.25) is 0 Å². The minimum atomic E-state index is -0.792. The van der Waals surface area contributed by atoms with Gasteiger partial charge in [-0.1, -0.05) is 26.0 Å². The van der Waals surface area contributed by atoms with E-state index < -0.39 is 11.7 Å². The topological polar surface area (TPSA) is 49.7 Å². The molecule has 0 radical (unpaired) electrons. The molecule has 1 aromatic carbocycles. The van der Waals surface area contributed by atoms with E-state index in [1.165, 1.54) is 0 Å². The maximum absolute atomic E-state index is 10.2. The third kappa shape index (κ3) is 3.72. The molecular weight excluding hydrogens is 228 g/mol. The normalized spacial score (nSPS) is 13.4. The van der Waals surface area contributed by atoms with Crippen LogP contribution in [0.15, 0.2) is 18.2 Å². The quantitative estimate of drug-likeness (QED) is 0.818. The van der Waals surface area contributed by atoms with Gasteiger partial charge in [0.2, 0.25) is 0 Å². The van der Waals surface area contributed by atoms with Crippen molar-refractivity contribution in [2.24, 2.45) is 0 Å². The molecule has 0 bridgehead atoms. The first kappa shape index (κ1) is 15.0. The Bertz CT molecular complexity index is 381. The van der Waals surface area contributed by atoms with Gasteiger partial charge in [0, 0.05) is 5.56 Å². The van der Waals surface area contributed by atoms with Crippen molar-refractivity contribution in [1.82, 2.24) is 0 Å². The monoisotopic (exact) mass is 252 g/mol. The number of hydrogen-bond acceptors (Lipinski definition) is 3. The van der Waals surface area contributed by atoms with E-state index in [0.717, 1.165) is 11.1 Å².